The van der Waals surface area contributed by atoms with E-state index in [0.717, 1.165) is 0 Å². The molecule has 76 valence electrons. The molecule has 0 spiro atoms. The number of nitrogens with one attached hydrogen (secondary N) is 1. The standard InChI is InChI=1S/C8H7Cl3N2O/c1-4-5(10)3-12-8(7(4)11)13-6(14)2-9/h3H,2H2,1H3,(H,12,13,14). The zero-order valence-corrected chi connectivity index (χ0v) is 9.54. The Balaban J connectivity index is 3.00. The average molecular weight is 254 g/mol. The van der Waals surface area contributed by atoms with Gasteiger partial charge in [0.15, 0.2) is 5.82 Å². The summed E-state index contributed by atoms with van der Waals surface area (Å²) in [6, 6.07) is 0. The number of pyridine rings is 1. The largest absolute Gasteiger partial charge is 0.308 e. The number of anilines is 1. The summed E-state index contributed by atoms with van der Waals surface area (Å²) in [7, 11) is 0. The molecule has 1 amide bonds. The molecule has 0 radical (unpaired) electrons. The van der Waals surface area contributed by atoms with E-state index in [2.05, 4.69) is 10.3 Å². The van der Waals surface area contributed by atoms with E-state index < -0.39 is 0 Å². The van der Waals surface area contributed by atoms with Crippen molar-refractivity contribution in [2.24, 2.45) is 0 Å². The normalized spacial score (nSPS) is 10.0. The molecule has 0 aliphatic rings. The van der Waals surface area contributed by atoms with E-state index >= 15 is 0 Å². The van der Waals surface area contributed by atoms with Crippen LogP contribution in [0.2, 0.25) is 10.0 Å². The molecule has 0 fully saturated rings. The molecule has 14 heavy (non-hydrogen) atoms. The van der Waals surface area contributed by atoms with Crippen molar-refractivity contribution in [1.82, 2.24) is 4.98 Å². The maximum absolute atomic E-state index is 11.0. The highest BCUT2D eigenvalue weighted by molar-refractivity contribution is 6.38. The monoisotopic (exact) mass is 252 g/mol. The van der Waals surface area contributed by atoms with Gasteiger partial charge in [0.05, 0.1) is 10.0 Å². The van der Waals surface area contributed by atoms with E-state index in [1.165, 1.54) is 6.20 Å². The molecule has 0 atom stereocenters. The minimum Gasteiger partial charge on any atom is -0.308 e. The van der Waals surface area contributed by atoms with Crippen LogP contribution in [0.1, 0.15) is 5.56 Å². The minimum absolute atomic E-state index is 0.139. The molecule has 1 rings (SSSR count). The van der Waals surface area contributed by atoms with Gasteiger partial charge in [-0.25, -0.2) is 4.98 Å². The van der Waals surface area contributed by atoms with Crippen LogP contribution in [0.15, 0.2) is 6.20 Å². The zero-order chi connectivity index (χ0) is 10.7. The molecule has 3 nitrogen and oxygen atoms in total. The molecule has 1 heterocycles. The van der Waals surface area contributed by atoms with E-state index in [4.69, 9.17) is 34.8 Å². The van der Waals surface area contributed by atoms with E-state index in [1.807, 2.05) is 0 Å². The van der Waals surface area contributed by atoms with Crippen molar-refractivity contribution in [3.8, 4) is 0 Å². The number of carbonyl (C=O) groups is 1. The number of halogens is 3. The molecular formula is C8H7Cl3N2O. The van der Waals surface area contributed by atoms with Gasteiger partial charge in [-0.05, 0) is 12.5 Å². The quantitative estimate of drug-likeness (QED) is 0.824. The molecule has 1 N–H and O–H groups in total. The van der Waals surface area contributed by atoms with Crippen molar-refractivity contribution < 1.29 is 4.79 Å². The molecule has 0 bridgehead atoms. The predicted octanol–water partition coefficient (Wildman–Crippen LogP) is 2.87. The molecule has 0 aliphatic carbocycles. The van der Waals surface area contributed by atoms with Gasteiger partial charge in [-0.3, -0.25) is 4.79 Å². The first-order valence-electron chi connectivity index (χ1n) is 3.72. The number of alkyl halides is 1. The Hall–Kier alpha value is -0.510. The summed E-state index contributed by atoms with van der Waals surface area (Å²) in [5.41, 5.74) is 0.674. The molecular weight excluding hydrogens is 246 g/mol. The number of nitrogens with zero attached hydrogens (tertiary/aromatic N) is 1. The van der Waals surface area contributed by atoms with Crippen molar-refractivity contribution in [2.75, 3.05) is 11.2 Å². The molecule has 6 heteroatoms. The fourth-order valence-corrected chi connectivity index (χ4v) is 1.27. The Labute approximate surface area is 96.4 Å². The van der Waals surface area contributed by atoms with Crippen LogP contribution >= 0.6 is 34.8 Å². The highest BCUT2D eigenvalue weighted by atomic mass is 35.5. The fraction of sp³-hybridized carbons (Fsp3) is 0.250. The first kappa shape index (κ1) is 11.6. The van der Waals surface area contributed by atoms with E-state index in [1.54, 1.807) is 6.92 Å². The Kier molecular flexibility index (Phi) is 3.98. The molecule has 0 saturated heterocycles. The summed E-state index contributed by atoms with van der Waals surface area (Å²) >= 11 is 17.0. The van der Waals surface area contributed by atoms with Gasteiger partial charge >= 0.3 is 0 Å². The van der Waals surface area contributed by atoms with Gasteiger partial charge in [-0.15, -0.1) is 11.6 Å². The zero-order valence-electron chi connectivity index (χ0n) is 7.27. The smallest absolute Gasteiger partial charge is 0.240 e. The lowest BCUT2D eigenvalue weighted by Gasteiger charge is -2.07. The Morgan fingerprint density at radius 2 is 2.21 bits per heavy atom. The third kappa shape index (κ3) is 2.50. The summed E-state index contributed by atoms with van der Waals surface area (Å²) < 4.78 is 0. The van der Waals surface area contributed by atoms with E-state index in [0.29, 0.717) is 15.6 Å². The van der Waals surface area contributed by atoms with Crippen LogP contribution in [-0.2, 0) is 4.79 Å². The maximum atomic E-state index is 11.0. The molecule has 1 aromatic rings. The van der Waals surface area contributed by atoms with Crippen molar-refractivity contribution in [3.63, 3.8) is 0 Å². The number of aromatic nitrogens is 1. The van der Waals surface area contributed by atoms with Crippen molar-refractivity contribution in [2.45, 2.75) is 6.92 Å². The SMILES string of the molecule is Cc1c(Cl)cnc(NC(=O)CCl)c1Cl. The fourth-order valence-electron chi connectivity index (χ4n) is 0.810. The average Bonchev–Trinajstić information content (AvgIpc) is 2.19. The van der Waals surface area contributed by atoms with Gasteiger partial charge in [0, 0.05) is 6.20 Å². The van der Waals surface area contributed by atoms with Crippen LogP contribution in [0.5, 0.6) is 0 Å². The van der Waals surface area contributed by atoms with Gasteiger partial charge in [0.1, 0.15) is 5.88 Å². The third-order valence-corrected chi connectivity index (χ3v) is 2.67. The molecule has 1 aromatic heterocycles. The Morgan fingerprint density at radius 1 is 1.57 bits per heavy atom. The van der Waals surface area contributed by atoms with Crippen LogP contribution in [0.3, 0.4) is 0 Å². The first-order valence-corrected chi connectivity index (χ1v) is 5.01. The van der Waals surface area contributed by atoms with Crippen LogP contribution in [0.25, 0.3) is 0 Å². The van der Waals surface area contributed by atoms with Gasteiger partial charge < -0.3 is 5.32 Å². The predicted molar refractivity (Wildman–Crippen MR) is 58.3 cm³/mol. The Morgan fingerprint density at radius 3 is 2.79 bits per heavy atom. The highest BCUT2D eigenvalue weighted by Gasteiger charge is 2.10. The lowest BCUT2D eigenvalue weighted by atomic mass is 10.3. The van der Waals surface area contributed by atoms with Gasteiger partial charge in [-0.1, -0.05) is 23.2 Å². The maximum Gasteiger partial charge on any atom is 0.240 e. The number of carbonyl (C=O) groups excluding carboxylic acids is 1. The summed E-state index contributed by atoms with van der Waals surface area (Å²) in [6.45, 7) is 1.74. The second-order valence-electron chi connectivity index (χ2n) is 2.58. The van der Waals surface area contributed by atoms with Crippen LogP contribution in [0.4, 0.5) is 5.82 Å². The molecule has 0 saturated carbocycles. The number of rotatable bonds is 2. The molecule has 0 unspecified atom stereocenters. The van der Waals surface area contributed by atoms with Crippen LogP contribution in [-0.4, -0.2) is 16.8 Å². The lowest BCUT2D eigenvalue weighted by Crippen LogP contribution is -2.14. The summed E-state index contributed by atoms with van der Waals surface area (Å²) in [4.78, 5) is 14.8. The number of amides is 1. The minimum atomic E-state index is -0.359. The van der Waals surface area contributed by atoms with Crippen LogP contribution in [0, 0.1) is 6.92 Å². The first-order chi connectivity index (χ1) is 6.56. The molecule has 0 aliphatic heterocycles. The summed E-state index contributed by atoms with van der Waals surface area (Å²) in [5.74, 6) is -0.221. The highest BCUT2D eigenvalue weighted by Crippen LogP contribution is 2.28. The van der Waals surface area contributed by atoms with Gasteiger partial charge in [-0.2, -0.15) is 0 Å². The van der Waals surface area contributed by atoms with Crippen molar-refractivity contribution in [1.29, 1.82) is 0 Å². The second kappa shape index (κ2) is 4.82. The third-order valence-electron chi connectivity index (χ3n) is 1.58. The summed E-state index contributed by atoms with van der Waals surface area (Å²) in [5, 5.41) is 3.24. The molecule has 0 aromatic carbocycles. The topological polar surface area (TPSA) is 42.0 Å². The van der Waals surface area contributed by atoms with E-state index in [-0.39, 0.29) is 17.6 Å². The Bertz CT molecular complexity index is 368. The summed E-state index contributed by atoms with van der Waals surface area (Å²) in [6.07, 6.45) is 1.42. The van der Waals surface area contributed by atoms with E-state index in [9.17, 15) is 4.79 Å². The van der Waals surface area contributed by atoms with Crippen molar-refractivity contribution in [3.05, 3.63) is 21.8 Å². The number of hydrogen-bond donors (Lipinski definition) is 1. The second-order valence-corrected chi connectivity index (χ2v) is 3.63. The van der Waals surface area contributed by atoms with Crippen molar-refractivity contribution >= 4 is 46.5 Å². The van der Waals surface area contributed by atoms with Gasteiger partial charge in [0.2, 0.25) is 5.91 Å². The number of hydrogen-bond acceptors (Lipinski definition) is 2. The lowest BCUT2D eigenvalue weighted by molar-refractivity contribution is -0.113. The van der Waals surface area contributed by atoms with Gasteiger partial charge in [0.25, 0.3) is 0 Å². The van der Waals surface area contributed by atoms with Crippen LogP contribution < -0.4 is 5.32 Å².